The van der Waals surface area contributed by atoms with Crippen LogP contribution >= 0.6 is 0 Å². The van der Waals surface area contributed by atoms with Crippen molar-refractivity contribution in [2.45, 2.75) is 25.6 Å². The average Bonchev–Trinajstić information content (AvgIpc) is 2.34. The van der Waals surface area contributed by atoms with Gasteiger partial charge < -0.3 is 0 Å². The summed E-state index contributed by atoms with van der Waals surface area (Å²) in [4.78, 5) is 13.3. The topological polar surface area (TPSA) is 20.3 Å². The number of ketones is 1. The standard InChI is InChI=1S/C13H15F4NO/c1-9(18(2)8-7-13(15,16)17)12(19)10-3-5-11(14)6-4-10/h3-6,9H,7-8H2,1-2H3. The summed E-state index contributed by atoms with van der Waals surface area (Å²) in [5, 5.41) is 0. The molecule has 0 aromatic heterocycles. The minimum absolute atomic E-state index is 0.252. The number of benzene rings is 1. The van der Waals surface area contributed by atoms with Gasteiger partial charge in [0.25, 0.3) is 0 Å². The SMILES string of the molecule is CC(C(=O)c1ccc(F)cc1)N(C)CCC(F)(F)F. The number of halogens is 4. The van der Waals surface area contributed by atoms with E-state index < -0.39 is 24.5 Å². The molecule has 0 saturated heterocycles. The molecule has 0 amide bonds. The molecule has 2 nitrogen and oxygen atoms in total. The van der Waals surface area contributed by atoms with E-state index in [1.807, 2.05) is 0 Å². The lowest BCUT2D eigenvalue weighted by Gasteiger charge is -2.24. The summed E-state index contributed by atoms with van der Waals surface area (Å²) in [6.07, 6.45) is -5.21. The zero-order valence-corrected chi connectivity index (χ0v) is 10.7. The molecule has 106 valence electrons. The molecule has 0 spiro atoms. The van der Waals surface area contributed by atoms with Gasteiger partial charge in [0.1, 0.15) is 5.82 Å². The minimum atomic E-state index is -4.24. The number of nitrogens with zero attached hydrogens (tertiary/aromatic N) is 1. The predicted molar refractivity (Wildman–Crippen MR) is 63.5 cm³/mol. The average molecular weight is 277 g/mol. The molecule has 0 radical (unpaired) electrons. The molecule has 0 bridgehead atoms. The van der Waals surface area contributed by atoms with Crippen molar-refractivity contribution in [1.29, 1.82) is 0 Å². The van der Waals surface area contributed by atoms with Crippen LogP contribution in [0.1, 0.15) is 23.7 Å². The van der Waals surface area contributed by atoms with Gasteiger partial charge in [-0.15, -0.1) is 0 Å². The molecular weight excluding hydrogens is 262 g/mol. The van der Waals surface area contributed by atoms with Crippen molar-refractivity contribution in [2.24, 2.45) is 0 Å². The summed E-state index contributed by atoms with van der Waals surface area (Å²) in [6.45, 7) is 1.28. The van der Waals surface area contributed by atoms with E-state index in [-0.39, 0.29) is 17.9 Å². The van der Waals surface area contributed by atoms with Crippen LogP contribution in [0.3, 0.4) is 0 Å². The molecule has 0 N–H and O–H groups in total. The summed E-state index contributed by atoms with van der Waals surface area (Å²) in [7, 11) is 1.46. The Morgan fingerprint density at radius 1 is 1.26 bits per heavy atom. The lowest BCUT2D eigenvalue weighted by atomic mass is 10.0. The van der Waals surface area contributed by atoms with Crippen LogP contribution in [0.25, 0.3) is 0 Å². The quantitative estimate of drug-likeness (QED) is 0.608. The van der Waals surface area contributed by atoms with Crippen LogP contribution in [-0.2, 0) is 0 Å². The van der Waals surface area contributed by atoms with E-state index >= 15 is 0 Å². The number of carbonyl (C=O) groups is 1. The fourth-order valence-corrected chi connectivity index (χ4v) is 1.55. The summed E-state index contributed by atoms with van der Waals surface area (Å²) < 4.78 is 49.0. The van der Waals surface area contributed by atoms with Gasteiger partial charge in [-0.25, -0.2) is 4.39 Å². The van der Waals surface area contributed by atoms with E-state index in [0.717, 1.165) is 12.1 Å². The highest BCUT2D eigenvalue weighted by molar-refractivity contribution is 5.99. The number of hydrogen-bond donors (Lipinski definition) is 0. The molecule has 0 heterocycles. The number of alkyl halides is 3. The first kappa shape index (κ1) is 15.6. The molecule has 1 rings (SSSR count). The number of likely N-dealkylation sites (N-methyl/N-ethyl adjacent to an activating group) is 1. The van der Waals surface area contributed by atoms with Crippen LogP contribution in [0.2, 0.25) is 0 Å². The first-order valence-electron chi connectivity index (χ1n) is 5.77. The van der Waals surface area contributed by atoms with Crippen LogP contribution in [0, 0.1) is 5.82 Å². The van der Waals surface area contributed by atoms with Crippen LogP contribution in [0.15, 0.2) is 24.3 Å². The molecule has 1 atom stereocenters. The van der Waals surface area contributed by atoms with Crippen molar-refractivity contribution in [3.8, 4) is 0 Å². The molecule has 6 heteroatoms. The first-order chi connectivity index (χ1) is 8.70. The van der Waals surface area contributed by atoms with Gasteiger partial charge in [-0.3, -0.25) is 9.69 Å². The Hall–Kier alpha value is -1.43. The van der Waals surface area contributed by atoms with Crippen LogP contribution in [0.5, 0.6) is 0 Å². The van der Waals surface area contributed by atoms with Crippen molar-refractivity contribution in [3.63, 3.8) is 0 Å². The summed E-state index contributed by atoms with van der Waals surface area (Å²) in [5.74, 6) is -0.792. The number of rotatable bonds is 5. The summed E-state index contributed by atoms with van der Waals surface area (Å²) in [6, 6.07) is 4.26. The largest absolute Gasteiger partial charge is 0.390 e. The van der Waals surface area contributed by atoms with Gasteiger partial charge in [-0.2, -0.15) is 13.2 Å². The molecule has 1 aromatic carbocycles. The second-order valence-corrected chi connectivity index (χ2v) is 4.39. The molecule has 0 aliphatic heterocycles. The van der Waals surface area contributed by atoms with Gasteiger partial charge in [0.05, 0.1) is 12.5 Å². The van der Waals surface area contributed by atoms with E-state index in [9.17, 15) is 22.4 Å². The lowest BCUT2D eigenvalue weighted by molar-refractivity contribution is -0.137. The summed E-state index contributed by atoms with van der Waals surface area (Å²) >= 11 is 0. The normalized spacial score (nSPS) is 13.6. The number of carbonyl (C=O) groups excluding carboxylic acids is 1. The first-order valence-corrected chi connectivity index (χ1v) is 5.77. The summed E-state index contributed by atoms with van der Waals surface area (Å²) in [5.41, 5.74) is 0.285. The third kappa shape index (κ3) is 4.98. The third-order valence-electron chi connectivity index (χ3n) is 2.92. The van der Waals surface area contributed by atoms with Gasteiger partial charge in [-0.1, -0.05) is 0 Å². The zero-order valence-electron chi connectivity index (χ0n) is 10.7. The molecule has 1 aromatic rings. The van der Waals surface area contributed by atoms with Crippen LogP contribution < -0.4 is 0 Å². The van der Waals surface area contributed by atoms with Crippen molar-refractivity contribution in [2.75, 3.05) is 13.6 Å². The fraction of sp³-hybridized carbons (Fsp3) is 0.462. The molecule has 19 heavy (non-hydrogen) atoms. The van der Waals surface area contributed by atoms with Crippen molar-refractivity contribution in [1.82, 2.24) is 4.90 Å². The highest BCUT2D eigenvalue weighted by Gasteiger charge is 2.29. The van der Waals surface area contributed by atoms with E-state index in [2.05, 4.69) is 0 Å². The van der Waals surface area contributed by atoms with E-state index in [0.29, 0.717) is 0 Å². The highest BCUT2D eigenvalue weighted by Crippen LogP contribution is 2.20. The van der Waals surface area contributed by atoms with E-state index in [4.69, 9.17) is 0 Å². The second-order valence-electron chi connectivity index (χ2n) is 4.39. The van der Waals surface area contributed by atoms with Gasteiger partial charge in [0.15, 0.2) is 5.78 Å². The van der Waals surface area contributed by atoms with Crippen LogP contribution in [-0.4, -0.2) is 36.5 Å². The van der Waals surface area contributed by atoms with E-state index in [1.54, 1.807) is 0 Å². The number of Topliss-reactive ketones (excluding diaryl/α,β-unsaturated/α-hetero) is 1. The second kappa shape index (κ2) is 6.14. The highest BCUT2D eigenvalue weighted by atomic mass is 19.4. The molecule has 0 fully saturated rings. The Morgan fingerprint density at radius 3 is 2.26 bits per heavy atom. The van der Waals surface area contributed by atoms with Gasteiger partial charge >= 0.3 is 6.18 Å². The monoisotopic (exact) mass is 277 g/mol. The van der Waals surface area contributed by atoms with Gasteiger partial charge in [-0.05, 0) is 38.2 Å². The van der Waals surface area contributed by atoms with Crippen molar-refractivity contribution >= 4 is 5.78 Å². The van der Waals surface area contributed by atoms with Crippen LogP contribution in [0.4, 0.5) is 17.6 Å². The Kier molecular flexibility index (Phi) is 5.05. The van der Waals surface area contributed by atoms with E-state index in [1.165, 1.54) is 31.0 Å². The van der Waals surface area contributed by atoms with Gasteiger partial charge in [0, 0.05) is 12.1 Å². The zero-order chi connectivity index (χ0) is 14.6. The molecule has 1 unspecified atom stereocenters. The molecular formula is C13H15F4NO. The Bertz CT molecular complexity index is 427. The molecule has 0 saturated carbocycles. The minimum Gasteiger partial charge on any atom is -0.296 e. The maximum Gasteiger partial charge on any atom is 0.390 e. The Labute approximate surface area is 109 Å². The smallest absolute Gasteiger partial charge is 0.296 e. The number of hydrogen-bond acceptors (Lipinski definition) is 2. The third-order valence-corrected chi connectivity index (χ3v) is 2.92. The Balaban J connectivity index is 2.63. The Morgan fingerprint density at radius 2 is 1.79 bits per heavy atom. The van der Waals surface area contributed by atoms with Crippen molar-refractivity contribution in [3.05, 3.63) is 35.6 Å². The maximum atomic E-state index is 12.7. The van der Waals surface area contributed by atoms with Gasteiger partial charge in [0.2, 0.25) is 0 Å². The molecule has 0 aliphatic rings. The maximum absolute atomic E-state index is 12.7. The van der Waals surface area contributed by atoms with Crippen molar-refractivity contribution < 1.29 is 22.4 Å². The molecule has 0 aliphatic carbocycles. The fourth-order valence-electron chi connectivity index (χ4n) is 1.55. The predicted octanol–water partition coefficient (Wildman–Crippen LogP) is 3.28. The lowest BCUT2D eigenvalue weighted by Crippen LogP contribution is -2.38.